The molecule has 0 spiro atoms. The molecule has 0 aliphatic heterocycles. The summed E-state index contributed by atoms with van der Waals surface area (Å²) in [6, 6.07) is 0. The van der Waals surface area contributed by atoms with Crippen molar-refractivity contribution < 1.29 is 9.90 Å². The van der Waals surface area contributed by atoms with Gasteiger partial charge in [0.15, 0.2) is 0 Å². The predicted octanol–water partition coefficient (Wildman–Crippen LogP) is 0.962. The summed E-state index contributed by atoms with van der Waals surface area (Å²) in [6.07, 6.45) is 0.560. The molecule has 2 N–H and O–H groups in total. The van der Waals surface area contributed by atoms with Crippen LogP contribution in [0.5, 0.6) is 0 Å². The minimum absolute atomic E-state index is 0.0193. The van der Waals surface area contributed by atoms with Crippen LogP contribution < -0.4 is 5.32 Å². The lowest BCUT2D eigenvalue weighted by Gasteiger charge is -2.21. The highest BCUT2D eigenvalue weighted by Gasteiger charge is 2.15. The molecule has 0 aromatic rings. The van der Waals surface area contributed by atoms with E-state index in [1.54, 1.807) is 0 Å². The van der Waals surface area contributed by atoms with Gasteiger partial charge in [0.25, 0.3) is 0 Å². The highest BCUT2D eigenvalue weighted by molar-refractivity contribution is 5.82. The molecular weight excluding hydrogens is 166 g/mol. The van der Waals surface area contributed by atoms with Gasteiger partial charge in [0.2, 0.25) is 0 Å². The fraction of sp³-hybridized carbons (Fsp3) is 0.900. The molecular formula is C10H21NO2. The fourth-order valence-corrected chi connectivity index (χ4v) is 0.881. The van der Waals surface area contributed by atoms with Crippen LogP contribution >= 0.6 is 0 Å². The van der Waals surface area contributed by atoms with E-state index in [9.17, 15) is 4.79 Å². The van der Waals surface area contributed by atoms with E-state index < -0.39 is 0 Å². The molecule has 3 heteroatoms. The quantitative estimate of drug-likeness (QED) is 0.674. The molecule has 0 saturated heterocycles. The maximum Gasteiger partial charge on any atom is 0.149 e. The van der Waals surface area contributed by atoms with Crippen LogP contribution in [0.4, 0.5) is 0 Å². The molecule has 1 atom stereocenters. The SMILES string of the molecule is CC(CCO)C(=O)CNC(C)(C)C. The van der Waals surface area contributed by atoms with Crippen LogP contribution in [0.2, 0.25) is 0 Å². The van der Waals surface area contributed by atoms with Gasteiger partial charge < -0.3 is 10.4 Å². The zero-order valence-electron chi connectivity index (χ0n) is 9.05. The average molecular weight is 187 g/mol. The van der Waals surface area contributed by atoms with Crippen molar-refractivity contribution in [1.29, 1.82) is 0 Å². The van der Waals surface area contributed by atoms with Gasteiger partial charge in [-0.1, -0.05) is 6.92 Å². The van der Waals surface area contributed by atoms with Crippen molar-refractivity contribution >= 4 is 5.78 Å². The molecule has 0 bridgehead atoms. The summed E-state index contributed by atoms with van der Waals surface area (Å²) in [7, 11) is 0. The number of ketones is 1. The van der Waals surface area contributed by atoms with Gasteiger partial charge in [-0.05, 0) is 27.2 Å². The fourth-order valence-electron chi connectivity index (χ4n) is 0.881. The molecule has 0 radical (unpaired) electrons. The summed E-state index contributed by atoms with van der Waals surface area (Å²) < 4.78 is 0. The third-order valence-electron chi connectivity index (χ3n) is 1.90. The van der Waals surface area contributed by atoms with E-state index in [2.05, 4.69) is 5.32 Å². The minimum atomic E-state index is -0.0418. The number of nitrogens with one attached hydrogen (secondary N) is 1. The first-order valence-electron chi connectivity index (χ1n) is 4.75. The van der Waals surface area contributed by atoms with Crippen molar-refractivity contribution in [2.75, 3.05) is 13.2 Å². The van der Waals surface area contributed by atoms with Crippen molar-refractivity contribution in [3.63, 3.8) is 0 Å². The number of carbonyl (C=O) groups is 1. The summed E-state index contributed by atoms with van der Waals surface area (Å²) in [5.74, 6) is 0.129. The highest BCUT2D eigenvalue weighted by atomic mass is 16.3. The second-order valence-corrected chi connectivity index (χ2v) is 4.48. The zero-order chi connectivity index (χ0) is 10.5. The third-order valence-corrected chi connectivity index (χ3v) is 1.90. The van der Waals surface area contributed by atoms with Crippen LogP contribution in [0, 0.1) is 5.92 Å². The number of rotatable bonds is 5. The molecule has 78 valence electrons. The maximum absolute atomic E-state index is 11.4. The minimum Gasteiger partial charge on any atom is -0.396 e. The van der Waals surface area contributed by atoms with Crippen LogP contribution in [0.15, 0.2) is 0 Å². The summed E-state index contributed by atoms with van der Waals surface area (Å²) in [6.45, 7) is 8.40. The number of hydrogen-bond donors (Lipinski definition) is 2. The Bertz CT molecular complexity index is 161. The normalized spacial score (nSPS) is 14.2. The van der Waals surface area contributed by atoms with Crippen LogP contribution in [-0.2, 0) is 4.79 Å². The molecule has 0 aliphatic rings. The van der Waals surface area contributed by atoms with E-state index in [1.165, 1.54) is 0 Å². The van der Waals surface area contributed by atoms with Crippen molar-refractivity contribution in [1.82, 2.24) is 5.32 Å². The number of aliphatic hydroxyl groups is 1. The van der Waals surface area contributed by atoms with Crippen LogP contribution in [0.1, 0.15) is 34.1 Å². The van der Waals surface area contributed by atoms with Crippen molar-refractivity contribution in [3.05, 3.63) is 0 Å². The Labute approximate surface area is 80.5 Å². The second-order valence-electron chi connectivity index (χ2n) is 4.48. The smallest absolute Gasteiger partial charge is 0.149 e. The average Bonchev–Trinajstić information content (AvgIpc) is 1.99. The Hall–Kier alpha value is -0.410. The van der Waals surface area contributed by atoms with Crippen LogP contribution in [0.25, 0.3) is 0 Å². The Kier molecular flexibility index (Phi) is 5.18. The Morgan fingerprint density at radius 1 is 1.46 bits per heavy atom. The molecule has 1 unspecified atom stereocenters. The zero-order valence-corrected chi connectivity index (χ0v) is 9.05. The topological polar surface area (TPSA) is 49.3 Å². The van der Waals surface area contributed by atoms with Crippen molar-refractivity contribution in [3.8, 4) is 0 Å². The van der Waals surface area contributed by atoms with Gasteiger partial charge in [-0.15, -0.1) is 0 Å². The van der Waals surface area contributed by atoms with Gasteiger partial charge in [-0.2, -0.15) is 0 Å². The lowest BCUT2D eigenvalue weighted by Crippen LogP contribution is -2.40. The molecule has 0 rings (SSSR count). The van der Waals surface area contributed by atoms with Gasteiger partial charge in [-0.25, -0.2) is 0 Å². The van der Waals surface area contributed by atoms with E-state index in [4.69, 9.17) is 5.11 Å². The molecule has 0 amide bonds. The first-order valence-corrected chi connectivity index (χ1v) is 4.75. The first kappa shape index (κ1) is 12.6. The first-order chi connectivity index (χ1) is 5.87. The molecule has 0 heterocycles. The highest BCUT2D eigenvalue weighted by Crippen LogP contribution is 2.03. The third kappa shape index (κ3) is 6.72. The lowest BCUT2D eigenvalue weighted by molar-refractivity contribution is -0.122. The van der Waals surface area contributed by atoms with E-state index in [-0.39, 0.29) is 23.8 Å². The summed E-state index contributed by atoms with van der Waals surface area (Å²) in [5.41, 5.74) is -0.0193. The number of aliphatic hydroxyl groups excluding tert-OH is 1. The molecule has 0 aromatic heterocycles. The van der Waals surface area contributed by atoms with Gasteiger partial charge in [-0.3, -0.25) is 4.79 Å². The molecule has 0 aliphatic carbocycles. The summed E-state index contributed by atoms with van der Waals surface area (Å²) in [5, 5.41) is 11.8. The van der Waals surface area contributed by atoms with Crippen LogP contribution in [-0.4, -0.2) is 29.6 Å². The van der Waals surface area contributed by atoms with Gasteiger partial charge in [0.05, 0.1) is 6.54 Å². The molecule has 0 aromatic carbocycles. The Morgan fingerprint density at radius 2 is 2.00 bits per heavy atom. The van der Waals surface area contributed by atoms with Crippen molar-refractivity contribution in [2.45, 2.75) is 39.7 Å². The standard InChI is InChI=1S/C10H21NO2/c1-8(5-6-12)9(13)7-11-10(2,3)4/h8,11-12H,5-7H2,1-4H3. The van der Waals surface area contributed by atoms with Gasteiger partial charge in [0.1, 0.15) is 5.78 Å². The number of carbonyl (C=O) groups excluding carboxylic acids is 1. The predicted molar refractivity (Wildman–Crippen MR) is 53.6 cm³/mol. The van der Waals surface area contributed by atoms with E-state index in [0.29, 0.717) is 13.0 Å². The molecule has 0 saturated carbocycles. The molecule has 0 fully saturated rings. The molecule has 3 nitrogen and oxygen atoms in total. The van der Waals surface area contributed by atoms with Gasteiger partial charge in [0, 0.05) is 18.1 Å². The Balaban J connectivity index is 3.74. The summed E-state index contributed by atoms with van der Waals surface area (Å²) in [4.78, 5) is 11.4. The summed E-state index contributed by atoms with van der Waals surface area (Å²) >= 11 is 0. The van der Waals surface area contributed by atoms with E-state index in [1.807, 2.05) is 27.7 Å². The second kappa shape index (κ2) is 5.35. The van der Waals surface area contributed by atoms with Gasteiger partial charge >= 0.3 is 0 Å². The molecule has 13 heavy (non-hydrogen) atoms. The van der Waals surface area contributed by atoms with Crippen LogP contribution in [0.3, 0.4) is 0 Å². The Morgan fingerprint density at radius 3 is 2.38 bits per heavy atom. The lowest BCUT2D eigenvalue weighted by atomic mass is 10.0. The van der Waals surface area contributed by atoms with Crippen molar-refractivity contribution in [2.24, 2.45) is 5.92 Å². The van der Waals surface area contributed by atoms with E-state index in [0.717, 1.165) is 0 Å². The number of hydrogen-bond acceptors (Lipinski definition) is 3. The maximum atomic E-state index is 11.4. The largest absolute Gasteiger partial charge is 0.396 e. The monoisotopic (exact) mass is 187 g/mol. The number of Topliss-reactive ketones (excluding diaryl/α,β-unsaturated/α-hetero) is 1. The van der Waals surface area contributed by atoms with E-state index >= 15 is 0 Å².